The van der Waals surface area contributed by atoms with Crippen LogP contribution in [0.4, 0.5) is 0 Å². The van der Waals surface area contributed by atoms with Gasteiger partial charge in [-0.25, -0.2) is 4.98 Å². The molecule has 0 saturated carbocycles. The van der Waals surface area contributed by atoms with Crippen LogP contribution in [0.2, 0.25) is 5.02 Å². The molecule has 1 aromatic rings. The fourth-order valence-electron chi connectivity index (χ4n) is 0.914. The molecule has 1 rings (SSSR count). The van der Waals surface area contributed by atoms with Crippen molar-refractivity contribution < 1.29 is 4.74 Å². The Bertz CT molecular complexity index is 362. The van der Waals surface area contributed by atoms with E-state index >= 15 is 0 Å². The molecule has 0 amide bonds. The zero-order valence-corrected chi connectivity index (χ0v) is 8.74. The third kappa shape index (κ3) is 1.87. The Kier molecular flexibility index (Phi) is 3.40. The largest absolute Gasteiger partial charge is 0.494 e. The third-order valence-corrected chi connectivity index (χ3v) is 2.52. The Labute approximate surface area is 85.7 Å². The maximum atomic E-state index is 8.74. The van der Waals surface area contributed by atoms with Crippen molar-refractivity contribution in [3.05, 3.63) is 16.9 Å². The molecule has 68 valence electrons. The normalized spacial score (nSPS) is 9.38. The molecule has 1 heterocycles. The zero-order valence-electron chi connectivity index (χ0n) is 7.17. The lowest BCUT2D eigenvalue weighted by molar-refractivity contribution is 0.404. The molecule has 0 aliphatic rings. The summed E-state index contributed by atoms with van der Waals surface area (Å²) in [6.07, 6.45) is 3.26. The van der Waals surface area contributed by atoms with Crippen LogP contribution in [0.25, 0.3) is 0 Å². The van der Waals surface area contributed by atoms with Gasteiger partial charge in [0.15, 0.2) is 11.4 Å². The van der Waals surface area contributed by atoms with Crippen molar-refractivity contribution in [2.24, 2.45) is 0 Å². The van der Waals surface area contributed by atoms with Crippen molar-refractivity contribution in [2.75, 3.05) is 13.4 Å². The van der Waals surface area contributed by atoms with Crippen molar-refractivity contribution in [2.45, 2.75) is 4.90 Å². The van der Waals surface area contributed by atoms with Gasteiger partial charge in [0.2, 0.25) is 0 Å². The van der Waals surface area contributed by atoms with E-state index in [0.717, 1.165) is 0 Å². The summed E-state index contributed by atoms with van der Waals surface area (Å²) in [5.41, 5.74) is 0.341. The first-order valence-corrected chi connectivity index (χ1v) is 5.01. The van der Waals surface area contributed by atoms with Gasteiger partial charge in [-0.1, -0.05) is 11.6 Å². The SMILES string of the molecule is COc1c(Cl)cnc(C#N)c1SC. The Hall–Kier alpha value is -0.920. The van der Waals surface area contributed by atoms with E-state index < -0.39 is 0 Å². The number of halogens is 1. The number of nitriles is 1. The van der Waals surface area contributed by atoms with E-state index in [-0.39, 0.29) is 0 Å². The van der Waals surface area contributed by atoms with Crippen LogP contribution in [0.1, 0.15) is 5.69 Å². The molecule has 0 radical (unpaired) electrons. The van der Waals surface area contributed by atoms with Gasteiger partial charge in [0.05, 0.1) is 18.2 Å². The Morgan fingerprint density at radius 1 is 1.69 bits per heavy atom. The third-order valence-electron chi connectivity index (χ3n) is 1.46. The number of thioether (sulfide) groups is 1. The fourth-order valence-corrected chi connectivity index (χ4v) is 1.86. The number of hydrogen-bond donors (Lipinski definition) is 0. The van der Waals surface area contributed by atoms with E-state index in [4.69, 9.17) is 21.6 Å². The van der Waals surface area contributed by atoms with Crippen LogP contribution < -0.4 is 4.74 Å². The molecule has 0 saturated heterocycles. The number of rotatable bonds is 2. The molecule has 0 aliphatic heterocycles. The second-order valence-corrected chi connectivity index (χ2v) is 3.36. The monoisotopic (exact) mass is 214 g/mol. The van der Waals surface area contributed by atoms with Crippen LogP contribution in [0.3, 0.4) is 0 Å². The topological polar surface area (TPSA) is 45.9 Å². The molecule has 1 aromatic heterocycles. The van der Waals surface area contributed by atoms with Gasteiger partial charge < -0.3 is 4.74 Å². The maximum absolute atomic E-state index is 8.74. The summed E-state index contributed by atoms with van der Waals surface area (Å²) < 4.78 is 5.07. The first kappa shape index (κ1) is 10.2. The second-order valence-electron chi connectivity index (χ2n) is 2.13. The van der Waals surface area contributed by atoms with Gasteiger partial charge >= 0.3 is 0 Å². The Morgan fingerprint density at radius 2 is 2.38 bits per heavy atom. The van der Waals surface area contributed by atoms with Crippen LogP contribution in [0.5, 0.6) is 5.75 Å². The predicted molar refractivity (Wildman–Crippen MR) is 52.3 cm³/mol. The minimum atomic E-state index is 0.341. The van der Waals surface area contributed by atoms with Gasteiger partial charge in [0, 0.05) is 0 Å². The highest BCUT2D eigenvalue weighted by Gasteiger charge is 2.12. The van der Waals surface area contributed by atoms with Crippen LogP contribution in [0, 0.1) is 11.3 Å². The van der Waals surface area contributed by atoms with Crippen LogP contribution in [-0.2, 0) is 0 Å². The molecule has 5 heteroatoms. The molecular weight excluding hydrogens is 208 g/mol. The van der Waals surface area contributed by atoms with Crippen molar-refractivity contribution >= 4 is 23.4 Å². The number of hydrogen-bond acceptors (Lipinski definition) is 4. The van der Waals surface area contributed by atoms with E-state index in [2.05, 4.69) is 4.98 Å². The van der Waals surface area contributed by atoms with E-state index in [0.29, 0.717) is 21.4 Å². The Morgan fingerprint density at radius 3 is 2.85 bits per heavy atom. The van der Waals surface area contributed by atoms with Gasteiger partial charge in [-0.2, -0.15) is 5.26 Å². The first-order valence-electron chi connectivity index (χ1n) is 3.41. The zero-order chi connectivity index (χ0) is 9.84. The van der Waals surface area contributed by atoms with E-state index in [1.165, 1.54) is 25.1 Å². The van der Waals surface area contributed by atoms with Crippen LogP contribution in [0.15, 0.2) is 11.1 Å². The van der Waals surface area contributed by atoms with E-state index in [1.54, 1.807) is 0 Å². The summed E-state index contributed by atoms with van der Waals surface area (Å²) in [5, 5.41) is 9.16. The van der Waals surface area contributed by atoms with Crippen LogP contribution in [-0.4, -0.2) is 18.3 Å². The van der Waals surface area contributed by atoms with Crippen molar-refractivity contribution in [3.8, 4) is 11.8 Å². The average molecular weight is 215 g/mol. The number of methoxy groups -OCH3 is 1. The highest BCUT2D eigenvalue weighted by atomic mass is 35.5. The summed E-state index contributed by atoms with van der Waals surface area (Å²) >= 11 is 7.22. The molecule has 0 bridgehead atoms. The van der Waals surface area contributed by atoms with Gasteiger partial charge in [0.25, 0.3) is 0 Å². The lowest BCUT2D eigenvalue weighted by atomic mass is 10.3. The van der Waals surface area contributed by atoms with Crippen molar-refractivity contribution in [1.29, 1.82) is 5.26 Å². The Balaban J connectivity index is 3.38. The molecule has 0 fully saturated rings. The molecule has 3 nitrogen and oxygen atoms in total. The molecule has 0 spiro atoms. The smallest absolute Gasteiger partial charge is 0.157 e. The van der Waals surface area contributed by atoms with E-state index in [9.17, 15) is 0 Å². The highest BCUT2D eigenvalue weighted by Crippen LogP contribution is 2.35. The van der Waals surface area contributed by atoms with E-state index in [1.807, 2.05) is 12.3 Å². The minimum Gasteiger partial charge on any atom is -0.494 e. The van der Waals surface area contributed by atoms with Gasteiger partial charge in [-0.05, 0) is 6.26 Å². The maximum Gasteiger partial charge on any atom is 0.157 e. The second kappa shape index (κ2) is 4.35. The summed E-state index contributed by atoms with van der Waals surface area (Å²) in [4.78, 5) is 4.56. The van der Waals surface area contributed by atoms with Crippen molar-refractivity contribution in [1.82, 2.24) is 4.98 Å². The molecular formula is C8H7ClN2OS. The molecule has 0 unspecified atom stereocenters. The number of ether oxygens (including phenoxy) is 1. The molecule has 0 aliphatic carbocycles. The molecule has 0 N–H and O–H groups in total. The summed E-state index contributed by atoms with van der Waals surface area (Å²) in [7, 11) is 1.52. The minimum absolute atomic E-state index is 0.341. The van der Waals surface area contributed by atoms with Gasteiger partial charge in [-0.3, -0.25) is 0 Å². The lowest BCUT2D eigenvalue weighted by Crippen LogP contribution is -1.93. The first-order chi connectivity index (χ1) is 6.24. The lowest BCUT2D eigenvalue weighted by Gasteiger charge is -2.07. The van der Waals surface area contributed by atoms with Gasteiger partial charge in [-0.15, -0.1) is 11.8 Å². The summed E-state index contributed by atoms with van der Waals surface area (Å²) in [6, 6.07) is 1.98. The van der Waals surface area contributed by atoms with Crippen LogP contribution >= 0.6 is 23.4 Å². The predicted octanol–water partition coefficient (Wildman–Crippen LogP) is 2.34. The quantitative estimate of drug-likeness (QED) is 0.709. The molecule has 0 aromatic carbocycles. The molecule has 0 atom stereocenters. The number of nitrogens with zero attached hydrogens (tertiary/aromatic N) is 2. The number of aromatic nitrogens is 1. The summed E-state index contributed by atoms with van der Waals surface area (Å²) in [5.74, 6) is 0.515. The van der Waals surface area contributed by atoms with Crippen molar-refractivity contribution in [3.63, 3.8) is 0 Å². The molecule has 13 heavy (non-hydrogen) atoms. The average Bonchev–Trinajstić information content (AvgIpc) is 2.17. The number of pyridine rings is 1. The summed E-state index contributed by atoms with van der Waals surface area (Å²) in [6.45, 7) is 0. The standard InChI is InChI=1S/C8H7ClN2OS/c1-12-7-5(9)4-11-6(3-10)8(7)13-2/h4H,1-2H3. The fraction of sp³-hybridized carbons (Fsp3) is 0.250. The van der Waals surface area contributed by atoms with Gasteiger partial charge in [0.1, 0.15) is 11.1 Å². The highest BCUT2D eigenvalue weighted by molar-refractivity contribution is 7.98.